The molecule has 0 radical (unpaired) electrons. The van der Waals surface area contributed by atoms with E-state index < -0.39 is 6.67 Å². The van der Waals surface area contributed by atoms with Crippen LogP contribution in [0.1, 0.15) is 6.42 Å². The van der Waals surface area contributed by atoms with Gasteiger partial charge in [0.05, 0.1) is 13.8 Å². The number of halogens is 1. The van der Waals surface area contributed by atoms with Gasteiger partial charge in [0.1, 0.15) is 0 Å². The molecule has 0 saturated carbocycles. The number of carbonyl (C=O) groups excluding carboxylic acids is 1. The summed E-state index contributed by atoms with van der Waals surface area (Å²) in [5, 5.41) is 1.01. The van der Waals surface area contributed by atoms with Crippen molar-refractivity contribution in [3.63, 3.8) is 0 Å². The van der Waals surface area contributed by atoms with E-state index in [4.69, 9.17) is 0 Å². The van der Waals surface area contributed by atoms with Crippen molar-refractivity contribution in [2.24, 2.45) is 0 Å². The molecule has 1 amide bonds. The van der Waals surface area contributed by atoms with Gasteiger partial charge in [0.15, 0.2) is 0 Å². The molecule has 4 heteroatoms. The van der Waals surface area contributed by atoms with Gasteiger partial charge in [-0.3, -0.25) is 14.0 Å². The fraction of sp³-hybridized carbons (Fsp3) is 0.571. The first-order valence-corrected chi connectivity index (χ1v) is 3.19. The van der Waals surface area contributed by atoms with Crippen molar-refractivity contribution in [3.05, 3.63) is 12.2 Å². The molecule has 0 bridgehead atoms. The van der Waals surface area contributed by atoms with E-state index >= 15 is 0 Å². The Morgan fingerprint density at radius 1 is 1.73 bits per heavy atom. The van der Waals surface area contributed by atoms with Crippen molar-refractivity contribution in [1.29, 1.82) is 0 Å². The van der Waals surface area contributed by atoms with Crippen LogP contribution in [0.25, 0.3) is 0 Å². The van der Waals surface area contributed by atoms with Gasteiger partial charge >= 0.3 is 0 Å². The number of nitrogens with zero attached hydrogens (tertiary/aromatic N) is 1. The molecule has 3 nitrogen and oxygen atoms in total. The second kappa shape index (κ2) is 4.85. The molecular formula is C7H12FNO2. The van der Waals surface area contributed by atoms with Crippen molar-refractivity contribution < 1.29 is 14.0 Å². The molecular weight excluding hydrogens is 149 g/mol. The number of amides is 1. The van der Waals surface area contributed by atoms with E-state index in [0.717, 1.165) is 5.06 Å². The normalized spacial score (nSPS) is 9.36. The zero-order valence-electron chi connectivity index (χ0n) is 6.76. The Morgan fingerprint density at radius 2 is 2.27 bits per heavy atom. The summed E-state index contributed by atoms with van der Waals surface area (Å²) in [6.07, 6.45) is 0.0620. The highest BCUT2D eigenvalue weighted by atomic mass is 19.1. The molecule has 0 heterocycles. The van der Waals surface area contributed by atoms with Crippen LogP contribution in [0.2, 0.25) is 0 Å². The Balaban J connectivity index is 3.92. The van der Waals surface area contributed by atoms with Crippen LogP contribution in [0.3, 0.4) is 0 Å². The number of hydroxylamine groups is 2. The van der Waals surface area contributed by atoms with E-state index in [0.29, 0.717) is 0 Å². The van der Waals surface area contributed by atoms with E-state index in [9.17, 15) is 9.18 Å². The summed E-state index contributed by atoms with van der Waals surface area (Å²) < 4.78 is 11.7. The zero-order chi connectivity index (χ0) is 8.85. The van der Waals surface area contributed by atoms with Crippen molar-refractivity contribution in [2.75, 3.05) is 20.8 Å². The van der Waals surface area contributed by atoms with Crippen molar-refractivity contribution in [1.82, 2.24) is 5.06 Å². The predicted octanol–water partition coefficient (Wildman–Crippen LogP) is 0.922. The monoisotopic (exact) mass is 161 g/mol. The molecule has 0 aromatic heterocycles. The van der Waals surface area contributed by atoms with E-state index in [1.54, 1.807) is 0 Å². The summed E-state index contributed by atoms with van der Waals surface area (Å²) in [7, 11) is 2.81. The zero-order valence-corrected chi connectivity index (χ0v) is 6.76. The third-order valence-electron chi connectivity index (χ3n) is 1.26. The molecule has 0 unspecified atom stereocenters. The first kappa shape index (κ1) is 10.1. The minimum Gasteiger partial charge on any atom is -0.274 e. The molecule has 0 aliphatic rings. The topological polar surface area (TPSA) is 29.5 Å². The molecule has 0 aliphatic carbocycles. The van der Waals surface area contributed by atoms with Crippen LogP contribution in [0.15, 0.2) is 12.2 Å². The lowest BCUT2D eigenvalue weighted by atomic mass is 10.2. The predicted molar refractivity (Wildman–Crippen MR) is 39.5 cm³/mol. The standard InChI is InChI=1S/C7H12FNO2/c1-6(4-5-8)7(10)9(2)11-3/h1,4-5H2,2-3H3. The minimum absolute atomic E-state index is 0.0620. The molecule has 0 aromatic rings. The van der Waals surface area contributed by atoms with Crippen LogP contribution in [-0.2, 0) is 9.63 Å². The van der Waals surface area contributed by atoms with Crippen molar-refractivity contribution in [3.8, 4) is 0 Å². The van der Waals surface area contributed by atoms with E-state index in [1.165, 1.54) is 14.2 Å². The van der Waals surface area contributed by atoms with E-state index in [-0.39, 0.29) is 17.9 Å². The van der Waals surface area contributed by atoms with Gasteiger partial charge < -0.3 is 0 Å². The third-order valence-corrected chi connectivity index (χ3v) is 1.26. The highest BCUT2D eigenvalue weighted by Crippen LogP contribution is 2.02. The van der Waals surface area contributed by atoms with Gasteiger partial charge in [-0.1, -0.05) is 6.58 Å². The Morgan fingerprint density at radius 3 is 2.64 bits per heavy atom. The molecule has 11 heavy (non-hydrogen) atoms. The molecule has 0 rings (SSSR count). The molecule has 64 valence electrons. The van der Waals surface area contributed by atoms with Gasteiger partial charge in [-0.2, -0.15) is 0 Å². The highest BCUT2D eigenvalue weighted by molar-refractivity contribution is 5.91. The molecule has 0 fully saturated rings. The average molecular weight is 161 g/mol. The number of rotatable bonds is 4. The van der Waals surface area contributed by atoms with Crippen LogP contribution in [0.4, 0.5) is 4.39 Å². The molecule has 0 aliphatic heterocycles. The summed E-state index contributed by atoms with van der Waals surface area (Å²) in [5.74, 6) is -0.384. The first-order valence-electron chi connectivity index (χ1n) is 3.19. The van der Waals surface area contributed by atoms with Gasteiger partial charge in [0.25, 0.3) is 5.91 Å². The second-order valence-corrected chi connectivity index (χ2v) is 2.03. The van der Waals surface area contributed by atoms with Gasteiger partial charge in [0, 0.05) is 19.0 Å². The fourth-order valence-corrected chi connectivity index (χ4v) is 0.527. The lowest BCUT2D eigenvalue weighted by Crippen LogP contribution is -2.26. The smallest absolute Gasteiger partial charge is 0.272 e. The largest absolute Gasteiger partial charge is 0.274 e. The molecule has 0 spiro atoms. The maximum Gasteiger partial charge on any atom is 0.272 e. The van der Waals surface area contributed by atoms with Crippen molar-refractivity contribution >= 4 is 5.91 Å². The number of carbonyl (C=O) groups is 1. The minimum atomic E-state index is -0.567. The summed E-state index contributed by atoms with van der Waals surface area (Å²) in [6, 6.07) is 0. The van der Waals surface area contributed by atoms with Gasteiger partial charge in [-0.15, -0.1) is 0 Å². The molecule has 0 saturated heterocycles. The number of likely N-dealkylation sites (N-methyl/N-ethyl adjacent to an activating group) is 1. The number of alkyl halides is 1. The van der Waals surface area contributed by atoms with Crippen LogP contribution < -0.4 is 0 Å². The Hall–Kier alpha value is -0.900. The Labute approximate surface area is 65.4 Å². The number of hydrogen-bond acceptors (Lipinski definition) is 2. The van der Waals surface area contributed by atoms with Gasteiger partial charge in [0.2, 0.25) is 0 Å². The SMILES string of the molecule is C=C(CCF)C(=O)N(C)OC. The fourth-order valence-electron chi connectivity index (χ4n) is 0.527. The molecule has 0 atom stereocenters. The van der Waals surface area contributed by atoms with Crippen LogP contribution in [-0.4, -0.2) is 31.8 Å². The molecule has 0 aromatic carbocycles. The van der Waals surface area contributed by atoms with Crippen LogP contribution in [0.5, 0.6) is 0 Å². The van der Waals surface area contributed by atoms with E-state index in [2.05, 4.69) is 11.4 Å². The van der Waals surface area contributed by atoms with E-state index in [1.807, 2.05) is 0 Å². The molecule has 0 N–H and O–H groups in total. The summed E-state index contributed by atoms with van der Waals surface area (Å²) >= 11 is 0. The van der Waals surface area contributed by atoms with Gasteiger partial charge in [-0.05, 0) is 0 Å². The maximum absolute atomic E-state index is 11.7. The van der Waals surface area contributed by atoms with Crippen LogP contribution in [0, 0.1) is 0 Å². The third kappa shape index (κ3) is 3.13. The second-order valence-electron chi connectivity index (χ2n) is 2.03. The Bertz CT molecular complexity index is 159. The average Bonchev–Trinajstić information content (AvgIpc) is 2.02. The summed E-state index contributed by atoms with van der Waals surface area (Å²) in [6.45, 7) is 2.83. The summed E-state index contributed by atoms with van der Waals surface area (Å²) in [4.78, 5) is 15.6. The highest BCUT2D eigenvalue weighted by Gasteiger charge is 2.11. The lowest BCUT2D eigenvalue weighted by Gasteiger charge is -2.13. The number of hydrogen-bond donors (Lipinski definition) is 0. The lowest BCUT2D eigenvalue weighted by molar-refractivity contribution is -0.164. The van der Waals surface area contributed by atoms with Gasteiger partial charge in [-0.25, -0.2) is 5.06 Å². The quantitative estimate of drug-likeness (QED) is 0.453. The first-order chi connectivity index (χ1) is 5.13. The summed E-state index contributed by atoms with van der Waals surface area (Å²) in [5.41, 5.74) is 0.219. The van der Waals surface area contributed by atoms with Crippen molar-refractivity contribution in [2.45, 2.75) is 6.42 Å². The Kier molecular flexibility index (Phi) is 4.45. The van der Waals surface area contributed by atoms with Crippen LogP contribution >= 0.6 is 0 Å². The maximum atomic E-state index is 11.7.